The average molecular weight is 295 g/mol. The molecule has 2 unspecified atom stereocenters. The second-order valence-corrected chi connectivity index (χ2v) is 6.31. The fourth-order valence-corrected chi connectivity index (χ4v) is 2.48. The molecule has 1 heterocycles. The number of aromatic nitrogens is 2. The van der Waals surface area contributed by atoms with Gasteiger partial charge in [0.1, 0.15) is 11.0 Å². The number of hydrogen-bond donors (Lipinski definition) is 0. The summed E-state index contributed by atoms with van der Waals surface area (Å²) in [5.41, 5.74) is 0.829. The Bertz CT molecular complexity index is 499. The highest BCUT2D eigenvalue weighted by Gasteiger charge is 2.20. The lowest BCUT2D eigenvalue weighted by atomic mass is 9.85. The third-order valence-corrected chi connectivity index (χ3v) is 4.30. The molecule has 20 heavy (non-hydrogen) atoms. The first-order valence-corrected chi connectivity index (χ1v) is 7.68. The Morgan fingerprint density at radius 3 is 2.65 bits per heavy atom. The summed E-state index contributed by atoms with van der Waals surface area (Å²) in [4.78, 5) is 8.81. The number of nitrogens with zero attached hydrogens (tertiary/aromatic N) is 2. The first-order valence-electron chi connectivity index (χ1n) is 7.30. The van der Waals surface area contributed by atoms with Crippen molar-refractivity contribution < 1.29 is 4.74 Å². The number of allylic oxidation sites excluding steroid dienone is 2. The van der Waals surface area contributed by atoms with Crippen LogP contribution in [0.15, 0.2) is 12.2 Å². The standard InChI is InChI=1S/C16H23ClN2O/c1-10(2)15-18-14(17)12(4)16(19-15)20-9-13-8-6-5-7-11(13)3/h5-6,10-11,13H,7-9H2,1-4H3. The molecular formula is C16H23ClN2O. The summed E-state index contributed by atoms with van der Waals surface area (Å²) in [5, 5.41) is 0.496. The largest absolute Gasteiger partial charge is 0.477 e. The third kappa shape index (κ3) is 3.51. The lowest BCUT2D eigenvalue weighted by Gasteiger charge is -2.25. The van der Waals surface area contributed by atoms with E-state index in [1.807, 2.05) is 6.92 Å². The van der Waals surface area contributed by atoms with Crippen LogP contribution in [-0.4, -0.2) is 16.6 Å². The van der Waals surface area contributed by atoms with Crippen molar-refractivity contribution in [1.29, 1.82) is 0 Å². The minimum atomic E-state index is 0.243. The first-order chi connectivity index (χ1) is 9.49. The fourth-order valence-electron chi connectivity index (χ4n) is 2.31. The van der Waals surface area contributed by atoms with Gasteiger partial charge in [-0.3, -0.25) is 0 Å². The van der Waals surface area contributed by atoms with Gasteiger partial charge in [0, 0.05) is 11.5 Å². The summed E-state index contributed by atoms with van der Waals surface area (Å²) < 4.78 is 5.95. The van der Waals surface area contributed by atoms with Gasteiger partial charge in [0.05, 0.1) is 6.61 Å². The maximum atomic E-state index is 6.17. The van der Waals surface area contributed by atoms with Crippen molar-refractivity contribution in [2.45, 2.75) is 46.5 Å². The van der Waals surface area contributed by atoms with Crippen LogP contribution in [-0.2, 0) is 0 Å². The summed E-state index contributed by atoms with van der Waals surface area (Å²) in [6.07, 6.45) is 6.71. The lowest BCUT2D eigenvalue weighted by Crippen LogP contribution is -2.22. The van der Waals surface area contributed by atoms with Gasteiger partial charge in [-0.2, -0.15) is 4.98 Å². The molecule has 0 amide bonds. The molecule has 0 aromatic carbocycles. The Kier molecular flexibility index (Phi) is 5.03. The van der Waals surface area contributed by atoms with Gasteiger partial charge in [0.15, 0.2) is 0 Å². The second kappa shape index (κ2) is 6.57. The molecule has 2 atom stereocenters. The lowest BCUT2D eigenvalue weighted by molar-refractivity contribution is 0.191. The van der Waals surface area contributed by atoms with E-state index in [4.69, 9.17) is 16.3 Å². The maximum Gasteiger partial charge on any atom is 0.221 e. The Morgan fingerprint density at radius 2 is 2.00 bits per heavy atom. The zero-order chi connectivity index (χ0) is 14.7. The SMILES string of the molecule is Cc1c(Cl)nc(C(C)C)nc1OCC1CC=CCC1C. The fraction of sp³-hybridized carbons (Fsp3) is 0.625. The van der Waals surface area contributed by atoms with E-state index in [0.717, 1.165) is 24.2 Å². The molecule has 110 valence electrons. The topological polar surface area (TPSA) is 35.0 Å². The molecule has 2 rings (SSSR count). The number of halogens is 1. The van der Waals surface area contributed by atoms with Gasteiger partial charge in [-0.15, -0.1) is 0 Å². The molecule has 0 radical (unpaired) electrons. The van der Waals surface area contributed by atoms with Crippen LogP contribution in [0.5, 0.6) is 5.88 Å². The van der Waals surface area contributed by atoms with Crippen molar-refractivity contribution in [3.8, 4) is 5.88 Å². The van der Waals surface area contributed by atoms with Crippen molar-refractivity contribution in [2.75, 3.05) is 6.61 Å². The van der Waals surface area contributed by atoms with E-state index in [9.17, 15) is 0 Å². The van der Waals surface area contributed by atoms with Crippen molar-refractivity contribution in [3.05, 3.63) is 28.7 Å². The quantitative estimate of drug-likeness (QED) is 0.604. The van der Waals surface area contributed by atoms with E-state index in [2.05, 4.69) is 42.9 Å². The maximum absolute atomic E-state index is 6.17. The number of ether oxygens (including phenoxy) is 1. The van der Waals surface area contributed by atoms with Crippen molar-refractivity contribution in [1.82, 2.24) is 9.97 Å². The molecule has 1 aromatic rings. The van der Waals surface area contributed by atoms with Gasteiger partial charge in [-0.25, -0.2) is 4.98 Å². The van der Waals surface area contributed by atoms with E-state index in [-0.39, 0.29) is 5.92 Å². The van der Waals surface area contributed by atoms with Crippen LogP contribution in [0.3, 0.4) is 0 Å². The highest BCUT2D eigenvalue weighted by Crippen LogP contribution is 2.28. The second-order valence-electron chi connectivity index (χ2n) is 5.95. The highest BCUT2D eigenvalue weighted by molar-refractivity contribution is 6.30. The molecule has 1 aromatic heterocycles. The van der Waals surface area contributed by atoms with E-state index in [1.54, 1.807) is 0 Å². The van der Waals surface area contributed by atoms with Gasteiger partial charge in [-0.1, -0.05) is 44.5 Å². The van der Waals surface area contributed by atoms with E-state index < -0.39 is 0 Å². The predicted molar refractivity (Wildman–Crippen MR) is 82.4 cm³/mol. The molecule has 4 heteroatoms. The van der Waals surface area contributed by atoms with Crippen molar-refractivity contribution in [3.63, 3.8) is 0 Å². The molecule has 1 aliphatic rings. The Morgan fingerprint density at radius 1 is 1.30 bits per heavy atom. The zero-order valence-electron chi connectivity index (χ0n) is 12.7. The number of hydrogen-bond acceptors (Lipinski definition) is 3. The first kappa shape index (κ1) is 15.3. The molecule has 0 spiro atoms. The van der Waals surface area contributed by atoms with Crippen molar-refractivity contribution >= 4 is 11.6 Å². The van der Waals surface area contributed by atoms with Gasteiger partial charge < -0.3 is 4.74 Å². The summed E-state index contributed by atoms with van der Waals surface area (Å²) in [6, 6.07) is 0. The van der Waals surface area contributed by atoms with Crippen LogP contribution in [0.4, 0.5) is 0 Å². The van der Waals surface area contributed by atoms with Crippen LogP contribution in [0.25, 0.3) is 0 Å². The summed E-state index contributed by atoms with van der Waals surface area (Å²) in [6.45, 7) is 8.98. The molecule has 0 N–H and O–H groups in total. The Labute approximate surface area is 126 Å². The van der Waals surface area contributed by atoms with Gasteiger partial charge in [0.25, 0.3) is 0 Å². The van der Waals surface area contributed by atoms with Crippen LogP contribution < -0.4 is 4.74 Å². The predicted octanol–water partition coefficient (Wildman–Crippen LogP) is 4.54. The van der Waals surface area contributed by atoms with Gasteiger partial charge >= 0.3 is 0 Å². The monoisotopic (exact) mass is 294 g/mol. The van der Waals surface area contributed by atoms with Gasteiger partial charge in [-0.05, 0) is 31.6 Å². The van der Waals surface area contributed by atoms with Crippen LogP contribution in [0.2, 0.25) is 5.15 Å². The molecule has 0 saturated heterocycles. The highest BCUT2D eigenvalue weighted by atomic mass is 35.5. The molecule has 0 saturated carbocycles. The Balaban J connectivity index is 2.10. The third-order valence-electron chi connectivity index (χ3n) is 3.93. The minimum Gasteiger partial charge on any atom is -0.477 e. The van der Waals surface area contributed by atoms with Gasteiger partial charge in [0.2, 0.25) is 5.88 Å². The smallest absolute Gasteiger partial charge is 0.221 e. The van der Waals surface area contributed by atoms with Crippen LogP contribution >= 0.6 is 11.6 Å². The molecule has 0 bridgehead atoms. The molecule has 0 aliphatic heterocycles. The molecule has 1 aliphatic carbocycles. The summed E-state index contributed by atoms with van der Waals surface area (Å²) in [5.74, 6) is 2.83. The summed E-state index contributed by atoms with van der Waals surface area (Å²) in [7, 11) is 0. The Hall–Kier alpha value is -1.09. The van der Waals surface area contributed by atoms with Crippen LogP contribution in [0.1, 0.15) is 50.9 Å². The molecule has 0 fully saturated rings. The van der Waals surface area contributed by atoms with E-state index in [1.165, 1.54) is 0 Å². The molecule has 3 nitrogen and oxygen atoms in total. The molecular weight excluding hydrogens is 272 g/mol. The van der Waals surface area contributed by atoms with E-state index in [0.29, 0.717) is 29.5 Å². The summed E-state index contributed by atoms with van der Waals surface area (Å²) >= 11 is 6.17. The number of rotatable bonds is 4. The normalized spacial score (nSPS) is 22.3. The minimum absolute atomic E-state index is 0.243. The van der Waals surface area contributed by atoms with Crippen LogP contribution in [0, 0.1) is 18.8 Å². The average Bonchev–Trinajstić information content (AvgIpc) is 2.41. The van der Waals surface area contributed by atoms with E-state index >= 15 is 0 Å². The zero-order valence-corrected chi connectivity index (χ0v) is 13.4. The van der Waals surface area contributed by atoms with Crippen molar-refractivity contribution in [2.24, 2.45) is 11.8 Å².